The molecule has 144 valence electrons. The summed E-state index contributed by atoms with van der Waals surface area (Å²) in [4.78, 5) is 16.6. The number of benzene rings is 1. The Morgan fingerprint density at radius 1 is 1.33 bits per heavy atom. The van der Waals surface area contributed by atoms with Crippen LogP contribution < -0.4 is 14.4 Å². The second kappa shape index (κ2) is 6.75. The summed E-state index contributed by atoms with van der Waals surface area (Å²) in [6.45, 7) is 7.23. The van der Waals surface area contributed by atoms with Crippen molar-refractivity contribution in [2.24, 2.45) is 5.92 Å². The van der Waals surface area contributed by atoms with E-state index < -0.39 is 10.5 Å². The molecule has 4 rings (SSSR count). The number of piperidine rings is 1. The van der Waals surface area contributed by atoms with Crippen LogP contribution >= 0.6 is 0 Å². The highest BCUT2D eigenvalue weighted by molar-refractivity contribution is 5.49. The number of aromatic nitrogens is 2. The second-order valence-corrected chi connectivity index (χ2v) is 7.77. The van der Waals surface area contributed by atoms with Crippen LogP contribution in [-0.4, -0.2) is 39.8 Å². The molecular formula is C19H24N4O4. The molecule has 0 bridgehead atoms. The number of rotatable bonds is 5. The van der Waals surface area contributed by atoms with Crippen LogP contribution in [0.3, 0.4) is 0 Å². The molecule has 0 radical (unpaired) electrons. The molecule has 0 saturated carbocycles. The van der Waals surface area contributed by atoms with E-state index in [4.69, 9.17) is 9.47 Å². The molecule has 2 aromatic rings. The van der Waals surface area contributed by atoms with Gasteiger partial charge >= 0.3 is 11.8 Å². The number of imidazole rings is 1. The van der Waals surface area contributed by atoms with E-state index in [1.165, 1.54) is 24.7 Å². The molecule has 2 aliphatic rings. The Bertz CT molecular complexity index is 801. The van der Waals surface area contributed by atoms with Crippen molar-refractivity contribution >= 4 is 11.5 Å². The highest BCUT2D eigenvalue weighted by Gasteiger charge is 2.41. The summed E-state index contributed by atoms with van der Waals surface area (Å²) in [5.74, 6) is 1.40. The normalized spacial score (nSPS) is 22.4. The molecule has 27 heavy (non-hydrogen) atoms. The molecule has 0 aliphatic carbocycles. The second-order valence-electron chi connectivity index (χ2n) is 7.77. The molecule has 0 N–H and O–H groups in total. The van der Waals surface area contributed by atoms with Gasteiger partial charge in [-0.2, -0.15) is 0 Å². The molecule has 1 saturated heterocycles. The van der Waals surface area contributed by atoms with Crippen LogP contribution in [-0.2, 0) is 6.54 Å². The standard InChI is InChI=1S/C19H24N4O4/c1-14-7-9-21(10-8-14)15-3-5-16(6-4-15)26-13-19(2)12-22-11-17(23(24)25)20-18(22)27-19/h3-6,11,14H,7-10,12-13H2,1-2H3. The number of hydrogen-bond donors (Lipinski definition) is 0. The zero-order chi connectivity index (χ0) is 19.0. The van der Waals surface area contributed by atoms with Crippen LogP contribution in [0.25, 0.3) is 0 Å². The lowest BCUT2D eigenvalue weighted by Gasteiger charge is -2.32. The molecule has 1 fully saturated rings. The van der Waals surface area contributed by atoms with E-state index in [1.807, 2.05) is 19.1 Å². The monoisotopic (exact) mass is 372 g/mol. The van der Waals surface area contributed by atoms with Gasteiger partial charge in [-0.05, 0) is 54.9 Å². The van der Waals surface area contributed by atoms with Crippen molar-refractivity contribution < 1.29 is 14.4 Å². The average Bonchev–Trinajstić information content (AvgIpc) is 3.17. The van der Waals surface area contributed by atoms with Crippen molar-refractivity contribution in [2.75, 3.05) is 24.6 Å². The van der Waals surface area contributed by atoms with Crippen molar-refractivity contribution in [3.05, 3.63) is 40.6 Å². The first kappa shape index (κ1) is 17.6. The van der Waals surface area contributed by atoms with Crippen LogP contribution in [0.2, 0.25) is 0 Å². The summed E-state index contributed by atoms with van der Waals surface area (Å²) in [5.41, 5.74) is 0.629. The lowest BCUT2D eigenvalue weighted by Crippen LogP contribution is -2.38. The van der Waals surface area contributed by atoms with Gasteiger partial charge in [0.15, 0.2) is 5.60 Å². The molecule has 8 nitrogen and oxygen atoms in total. The fraction of sp³-hybridized carbons (Fsp3) is 0.526. The van der Waals surface area contributed by atoms with Gasteiger partial charge < -0.3 is 24.5 Å². The topological polar surface area (TPSA) is 82.7 Å². The number of anilines is 1. The first-order valence-electron chi connectivity index (χ1n) is 9.30. The minimum Gasteiger partial charge on any atom is -0.489 e. The molecule has 8 heteroatoms. The van der Waals surface area contributed by atoms with Crippen LogP contribution in [0.15, 0.2) is 30.5 Å². The minimum absolute atomic E-state index is 0.198. The molecule has 0 spiro atoms. The first-order chi connectivity index (χ1) is 12.9. The Morgan fingerprint density at radius 2 is 2.04 bits per heavy atom. The van der Waals surface area contributed by atoms with E-state index in [0.717, 1.165) is 24.8 Å². The van der Waals surface area contributed by atoms with Crippen molar-refractivity contribution in [1.29, 1.82) is 0 Å². The summed E-state index contributed by atoms with van der Waals surface area (Å²) in [7, 11) is 0. The predicted octanol–water partition coefficient (Wildman–Crippen LogP) is 3.26. The lowest BCUT2D eigenvalue weighted by atomic mass is 9.99. The molecule has 0 amide bonds. The van der Waals surface area contributed by atoms with E-state index in [9.17, 15) is 10.1 Å². The van der Waals surface area contributed by atoms with Gasteiger partial charge in [0.05, 0.1) is 6.54 Å². The van der Waals surface area contributed by atoms with Gasteiger partial charge in [0.1, 0.15) is 18.6 Å². The SMILES string of the molecule is CC1CCN(c2ccc(OCC3(C)Cn4cc([N+](=O)[O-])nc4O3)cc2)CC1. The molecule has 2 aliphatic heterocycles. The number of fused-ring (bicyclic) bond motifs is 1. The fourth-order valence-electron chi connectivity index (χ4n) is 3.61. The number of nitro groups is 1. The number of hydrogen-bond acceptors (Lipinski definition) is 6. The highest BCUT2D eigenvalue weighted by Crippen LogP contribution is 2.32. The molecule has 1 aromatic heterocycles. The molecular weight excluding hydrogens is 348 g/mol. The molecule has 3 heterocycles. The smallest absolute Gasteiger partial charge is 0.415 e. The lowest BCUT2D eigenvalue weighted by molar-refractivity contribution is -0.389. The van der Waals surface area contributed by atoms with Crippen LogP contribution in [0, 0.1) is 16.0 Å². The molecule has 1 aromatic carbocycles. The Kier molecular flexibility index (Phi) is 4.41. The molecule has 1 atom stereocenters. The third-order valence-electron chi connectivity index (χ3n) is 5.29. The first-order valence-corrected chi connectivity index (χ1v) is 9.30. The third kappa shape index (κ3) is 3.70. The summed E-state index contributed by atoms with van der Waals surface area (Å²) >= 11 is 0. The highest BCUT2D eigenvalue weighted by atomic mass is 16.6. The Morgan fingerprint density at radius 3 is 2.67 bits per heavy atom. The van der Waals surface area contributed by atoms with Gasteiger partial charge in [0.2, 0.25) is 0 Å². The number of ether oxygens (including phenoxy) is 2. The number of nitrogens with zero attached hydrogens (tertiary/aromatic N) is 4. The van der Waals surface area contributed by atoms with E-state index in [1.54, 1.807) is 4.57 Å². The Hall–Kier alpha value is -2.77. The third-order valence-corrected chi connectivity index (χ3v) is 5.29. The zero-order valence-electron chi connectivity index (χ0n) is 15.6. The van der Waals surface area contributed by atoms with Crippen molar-refractivity contribution in [1.82, 2.24) is 9.55 Å². The van der Waals surface area contributed by atoms with Gasteiger partial charge in [-0.15, -0.1) is 0 Å². The van der Waals surface area contributed by atoms with Crippen molar-refractivity contribution in [3.8, 4) is 11.8 Å². The van der Waals surface area contributed by atoms with Gasteiger partial charge in [0.25, 0.3) is 0 Å². The quantitative estimate of drug-likeness (QED) is 0.592. The van der Waals surface area contributed by atoms with Gasteiger partial charge in [-0.1, -0.05) is 6.92 Å². The summed E-state index contributed by atoms with van der Waals surface area (Å²) < 4.78 is 13.4. The van der Waals surface area contributed by atoms with E-state index in [-0.39, 0.29) is 11.8 Å². The Labute approximate surface area is 157 Å². The summed E-state index contributed by atoms with van der Waals surface area (Å²) in [6.07, 6.45) is 3.87. The fourth-order valence-corrected chi connectivity index (χ4v) is 3.61. The van der Waals surface area contributed by atoms with E-state index in [2.05, 4.69) is 28.9 Å². The predicted molar refractivity (Wildman–Crippen MR) is 100 cm³/mol. The van der Waals surface area contributed by atoms with Gasteiger partial charge in [-0.25, -0.2) is 0 Å². The van der Waals surface area contributed by atoms with Crippen LogP contribution in [0.5, 0.6) is 11.8 Å². The zero-order valence-corrected chi connectivity index (χ0v) is 15.6. The van der Waals surface area contributed by atoms with Crippen LogP contribution in [0.1, 0.15) is 26.7 Å². The van der Waals surface area contributed by atoms with Crippen molar-refractivity contribution in [2.45, 2.75) is 38.8 Å². The van der Waals surface area contributed by atoms with Gasteiger partial charge in [0, 0.05) is 23.8 Å². The minimum atomic E-state index is -0.598. The van der Waals surface area contributed by atoms with Crippen molar-refractivity contribution in [3.63, 3.8) is 0 Å². The van der Waals surface area contributed by atoms with E-state index >= 15 is 0 Å². The maximum absolute atomic E-state index is 10.8. The van der Waals surface area contributed by atoms with Crippen LogP contribution in [0.4, 0.5) is 11.5 Å². The largest absolute Gasteiger partial charge is 0.489 e. The average molecular weight is 372 g/mol. The maximum Gasteiger partial charge on any atom is 0.415 e. The Balaban J connectivity index is 1.33. The molecule has 1 unspecified atom stereocenters. The summed E-state index contributed by atoms with van der Waals surface area (Å²) in [5, 5.41) is 10.8. The van der Waals surface area contributed by atoms with E-state index in [0.29, 0.717) is 13.2 Å². The summed E-state index contributed by atoms with van der Waals surface area (Å²) in [6, 6.07) is 8.42. The van der Waals surface area contributed by atoms with Gasteiger partial charge in [-0.3, -0.25) is 4.57 Å². The maximum atomic E-state index is 10.8.